The molecule has 0 fully saturated rings. The molecule has 0 aromatic heterocycles. The monoisotopic (exact) mass is 368 g/mol. The van der Waals surface area contributed by atoms with Crippen molar-refractivity contribution in [1.82, 2.24) is 5.06 Å². The van der Waals surface area contributed by atoms with Gasteiger partial charge < -0.3 is 4.90 Å². The molecule has 1 N–H and O–H groups in total. The average molecular weight is 368 g/mol. The van der Waals surface area contributed by atoms with Crippen molar-refractivity contribution in [2.75, 3.05) is 25.2 Å². The molecule has 0 spiro atoms. The zero-order chi connectivity index (χ0) is 18.7. The molecule has 1 aromatic carbocycles. The van der Waals surface area contributed by atoms with Crippen LogP contribution in [0, 0.1) is 17.6 Å². The van der Waals surface area contributed by atoms with E-state index in [1.54, 1.807) is 17.3 Å². The number of benzene rings is 1. The fourth-order valence-corrected chi connectivity index (χ4v) is 3.99. The molecule has 136 valence electrons. The first-order valence-corrected chi connectivity index (χ1v) is 8.51. The maximum Gasteiger partial charge on any atom is 0.191 e. The lowest BCUT2D eigenvalue weighted by atomic mass is 9.87. The Bertz CT molecular complexity index is 1050. The smallest absolute Gasteiger partial charge is 0.191 e. The molecule has 5 rings (SSSR count). The van der Waals surface area contributed by atoms with E-state index in [2.05, 4.69) is 9.98 Å². The first kappa shape index (κ1) is 16.1. The van der Waals surface area contributed by atoms with Gasteiger partial charge in [-0.2, -0.15) is 0 Å². The lowest BCUT2D eigenvalue weighted by Crippen LogP contribution is -2.35. The number of rotatable bonds is 1. The van der Waals surface area contributed by atoms with Crippen LogP contribution in [-0.4, -0.2) is 53.4 Å². The predicted octanol–water partition coefficient (Wildman–Crippen LogP) is 2.29. The van der Waals surface area contributed by atoms with Crippen LogP contribution in [-0.2, 0) is 0 Å². The number of anilines is 1. The van der Waals surface area contributed by atoms with E-state index in [1.165, 1.54) is 12.1 Å². The third-order valence-corrected chi connectivity index (χ3v) is 5.08. The molecule has 4 heterocycles. The average Bonchev–Trinajstić information content (AvgIpc) is 2.88. The van der Waals surface area contributed by atoms with Gasteiger partial charge in [0.05, 0.1) is 11.6 Å². The van der Waals surface area contributed by atoms with Gasteiger partial charge >= 0.3 is 0 Å². The van der Waals surface area contributed by atoms with Crippen LogP contribution in [0.4, 0.5) is 14.5 Å². The molecule has 4 aliphatic heterocycles. The summed E-state index contributed by atoms with van der Waals surface area (Å²) < 4.78 is 29.9. The number of halogens is 2. The molecular formula is C19H16F2N5O+. The lowest BCUT2D eigenvalue weighted by molar-refractivity contribution is -0.421. The Morgan fingerprint density at radius 1 is 1.30 bits per heavy atom. The van der Waals surface area contributed by atoms with Crippen molar-refractivity contribution in [3.8, 4) is 0 Å². The second-order valence-corrected chi connectivity index (χ2v) is 6.82. The number of hydrogen-bond donors (Lipinski definition) is 1. The maximum atomic E-state index is 14.6. The number of aliphatic imine (C=N–C) groups is 2. The van der Waals surface area contributed by atoms with Gasteiger partial charge in [-0.3, -0.25) is 10.2 Å². The fourth-order valence-electron chi connectivity index (χ4n) is 3.99. The van der Waals surface area contributed by atoms with Gasteiger partial charge in [-0.25, -0.2) is 23.4 Å². The molecule has 4 aliphatic rings. The molecule has 1 unspecified atom stereocenters. The summed E-state index contributed by atoms with van der Waals surface area (Å²) in [4.78, 5) is 10.5. The van der Waals surface area contributed by atoms with E-state index in [0.29, 0.717) is 12.4 Å². The second-order valence-electron chi connectivity index (χ2n) is 6.82. The van der Waals surface area contributed by atoms with E-state index >= 15 is 0 Å². The van der Waals surface area contributed by atoms with Crippen LogP contribution in [0.25, 0.3) is 0 Å². The normalized spacial score (nSPS) is 23.3. The molecule has 8 heteroatoms. The SMILES string of the molecule is C[N+]1=CC2=C3C=NCN=C3N(c3ccc(F)cc3F)CC3=CN(O)C(=C1)C32. The highest BCUT2D eigenvalue weighted by Gasteiger charge is 2.43. The maximum absolute atomic E-state index is 14.6. The molecule has 1 aromatic rings. The summed E-state index contributed by atoms with van der Waals surface area (Å²) in [6.45, 7) is 0.568. The van der Waals surface area contributed by atoms with Gasteiger partial charge in [0.15, 0.2) is 12.4 Å². The van der Waals surface area contributed by atoms with Crippen LogP contribution < -0.4 is 4.90 Å². The molecule has 0 saturated heterocycles. The largest absolute Gasteiger partial charge is 0.319 e. The van der Waals surface area contributed by atoms with Crippen molar-refractivity contribution < 1.29 is 18.6 Å². The van der Waals surface area contributed by atoms with Crippen molar-refractivity contribution in [2.45, 2.75) is 0 Å². The Labute approximate surface area is 154 Å². The molecule has 0 aliphatic carbocycles. The van der Waals surface area contributed by atoms with E-state index in [4.69, 9.17) is 0 Å². The van der Waals surface area contributed by atoms with Gasteiger partial charge in [0.25, 0.3) is 0 Å². The van der Waals surface area contributed by atoms with Crippen molar-refractivity contribution in [3.63, 3.8) is 0 Å². The molecule has 0 saturated carbocycles. The summed E-state index contributed by atoms with van der Waals surface area (Å²) in [7, 11) is 1.88. The summed E-state index contributed by atoms with van der Waals surface area (Å²) in [5.74, 6) is -0.862. The molecule has 0 radical (unpaired) electrons. The molecule has 0 amide bonds. The second kappa shape index (κ2) is 5.68. The van der Waals surface area contributed by atoms with E-state index in [-0.39, 0.29) is 18.3 Å². The number of hydrogen-bond acceptors (Lipinski definition) is 5. The Balaban J connectivity index is 1.74. The van der Waals surface area contributed by atoms with Gasteiger partial charge in [0, 0.05) is 36.2 Å². The third-order valence-electron chi connectivity index (χ3n) is 5.08. The zero-order valence-corrected chi connectivity index (χ0v) is 14.5. The Kier molecular flexibility index (Phi) is 3.38. The highest BCUT2D eigenvalue weighted by atomic mass is 19.1. The van der Waals surface area contributed by atoms with Crippen LogP contribution in [0.2, 0.25) is 0 Å². The standard InChI is InChI=1S/C19H16F2N5O/c1-24-8-14-13-5-22-10-23-19(13)25(16-3-2-12(20)4-15(16)21)6-11-7-26(27)17(9-24)18(11)14/h2-5,7-9,18,27H,6,10H2,1H3/q+1. The minimum atomic E-state index is -0.661. The molecule has 27 heavy (non-hydrogen) atoms. The van der Waals surface area contributed by atoms with Crippen LogP contribution in [0.15, 0.2) is 63.0 Å². The molecule has 0 bridgehead atoms. The number of nitrogens with zero attached hydrogens (tertiary/aromatic N) is 5. The van der Waals surface area contributed by atoms with Crippen LogP contribution in [0.5, 0.6) is 0 Å². The van der Waals surface area contributed by atoms with Crippen molar-refractivity contribution in [3.05, 3.63) is 64.6 Å². The van der Waals surface area contributed by atoms with E-state index in [0.717, 1.165) is 33.5 Å². The topological polar surface area (TPSA) is 54.4 Å². The Morgan fingerprint density at radius 3 is 2.96 bits per heavy atom. The summed E-state index contributed by atoms with van der Waals surface area (Å²) in [6, 6.07) is 3.51. The molecular weight excluding hydrogens is 352 g/mol. The highest BCUT2D eigenvalue weighted by Crippen LogP contribution is 2.42. The van der Waals surface area contributed by atoms with Gasteiger partial charge in [0.2, 0.25) is 0 Å². The van der Waals surface area contributed by atoms with Crippen molar-refractivity contribution in [2.24, 2.45) is 15.9 Å². The summed E-state index contributed by atoms with van der Waals surface area (Å²) in [5, 5.41) is 11.4. The summed E-state index contributed by atoms with van der Waals surface area (Å²) in [6.07, 6.45) is 7.20. The zero-order valence-electron chi connectivity index (χ0n) is 14.5. The van der Waals surface area contributed by atoms with E-state index in [1.807, 2.05) is 24.0 Å². The van der Waals surface area contributed by atoms with E-state index < -0.39 is 11.6 Å². The predicted molar refractivity (Wildman–Crippen MR) is 97.1 cm³/mol. The minimum absolute atomic E-state index is 0.163. The van der Waals surface area contributed by atoms with Gasteiger partial charge in [-0.15, -0.1) is 0 Å². The van der Waals surface area contributed by atoms with Crippen LogP contribution in [0.3, 0.4) is 0 Å². The van der Waals surface area contributed by atoms with Crippen LogP contribution >= 0.6 is 0 Å². The summed E-state index contributed by atoms with van der Waals surface area (Å²) in [5.41, 5.74) is 3.55. The number of amidine groups is 1. The quantitative estimate of drug-likeness (QED) is 0.774. The van der Waals surface area contributed by atoms with Gasteiger partial charge in [-0.1, -0.05) is 0 Å². The first-order valence-electron chi connectivity index (χ1n) is 8.51. The molecule has 1 atom stereocenters. The Morgan fingerprint density at radius 2 is 2.15 bits per heavy atom. The lowest BCUT2D eigenvalue weighted by Gasteiger charge is -2.27. The number of fused-ring (bicyclic) bond motifs is 1. The third kappa shape index (κ3) is 2.37. The van der Waals surface area contributed by atoms with Gasteiger partial charge in [-0.05, 0) is 17.7 Å². The fraction of sp³-hybridized carbons (Fsp3) is 0.211. The van der Waals surface area contributed by atoms with Crippen LogP contribution in [0.1, 0.15) is 0 Å². The Hall–Kier alpha value is -3.13. The summed E-state index contributed by atoms with van der Waals surface area (Å²) >= 11 is 0. The van der Waals surface area contributed by atoms with E-state index in [9.17, 15) is 14.0 Å². The molecule has 6 nitrogen and oxygen atoms in total. The van der Waals surface area contributed by atoms with Crippen molar-refractivity contribution >= 4 is 24.0 Å². The first-order chi connectivity index (χ1) is 13.0. The number of allylic oxidation sites excluding steroid dienone is 1. The van der Waals surface area contributed by atoms with Gasteiger partial charge in [0.1, 0.15) is 36.9 Å². The highest BCUT2D eigenvalue weighted by molar-refractivity contribution is 6.25. The minimum Gasteiger partial charge on any atom is -0.319 e. The van der Waals surface area contributed by atoms with Crippen molar-refractivity contribution in [1.29, 1.82) is 0 Å². The number of hydroxylamine groups is 2.